The Morgan fingerprint density at radius 1 is 0.900 bits per heavy atom. The lowest BCUT2D eigenvalue weighted by Crippen LogP contribution is -2.33. The summed E-state index contributed by atoms with van der Waals surface area (Å²) in [5.74, 6) is 0.999. The molecule has 2 fully saturated rings. The van der Waals surface area contributed by atoms with Crippen LogP contribution in [0.4, 0.5) is 0 Å². The molecule has 0 aromatic heterocycles. The molecule has 0 radical (unpaired) electrons. The Labute approximate surface area is 126 Å². The van der Waals surface area contributed by atoms with Gasteiger partial charge < -0.3 is 4.74 Å². The second-order valence-electron chi connectivity index (χ2n) is 7.55. The van der Waals surface area contributed by atoms with E-state index in [9.17, 15) is 0 Å². The smallest absolute Gasteiger partial charge is 0.0575 e. The first-order valence-corrected chi connectivity index (χ1v) is 9.39. The lowest BCUT2D eigenvalue weighted by molar-refractivity contribution is -0.0477. The number of hydrogen-bond donors (Lipinski definition) is 0. The largest absolute Gasteiger partial charge is 0.378 e. The first kappa shape index (κ1) is 16.3. The average molecular weight is 280 g/mol. The van der Waals surface area contributed by atoms with Crippen molar-refractivity contribution in [3.63, 3.8) is 0 Å². The summed E-state index contributed by atoms with van der Waals surface area (Å²) in [6.45, 7) is 5.72. The Morgan fingerprint density at radius 3 is 2.20 bits per heavy atom. The molecule has 118 valence electrons. The molecule has 0 unspecified atom stereocenters. The summed E-state index contributed by atoms with van der Waals surface area (Å²) in [6, 6.07) is 0. The number of hydrogen-bond acceptors (Lipinski definition) is 1. The van der Waals surface area contributed by atoms with E-state index in [4.69, 9.17) is 4.74 Å². The molecule has 1 nitrogen and oxygen atoms in total. The molecule has 0 bridgehead atoms. The van der Waals surface area contributed by atoms with Crippen LogP contribution in [0.15, 0.2) is 0 Å². The van der Waals surface area contributed by atoms with Gasteiger partial charge >= 0.3 is 0 Å². The molecule has 20 heavy (non-hydrogen) atoms. The molecule has 2 aliphatic rings. The second-order valence-corrected chi connectivity index (χ2v) is 7.55. The minimum atomic E-state index is 0.549. The van der Waals surface area contributed by atoms with Gasteiger partial charge in [-0.15, -0.1) is 0 Å². The zero-order chi connectivity index (χ0) is 14.3. The minimum Gasteiger partial charge on any atom is -0.378 e. The molecule has 0 heterocycles. The van der Waals surface area contributed by atoms with Crippen molar-refractivity contribution in [1.29, 1.82) is 0 Å². The predicted octanol–water partition coefficient (Wildman–Crippen LogP) is 6.11. The summed E-state index contributed by atoms with van der Waals surface area (Å²) in [5, 5.41) is 0. The van der Waals surface area contributed by atoms with Crippen molar-refractivity contribution in [3.05, 3.63) is 0 Å². The Morgan fingerprint density at radius 2 is 1.60 bits per heavy atom. The quantitative estimate of drug-likeness (QED) is 0.546. The monoisotopic (exact) mass is 280 g/mol. The number of ether oxygens (including phenoxy) is 1. The van der Waals surface area contributed by atoms with Crippen LogP contribution in [0.1, 0.15) is 97.3 Å². The number of rotatable bonds is 7. The van der Waals surface area contributed by atoms with E-state index in [1.165, 1.54) is 83.5 Å². The SMILES string of the molecule is CCCC1CCC(OCC2(CCC)CCCCC2)CC1. The van der Waals surface area contributed by atoms with E-state index in [1.54, 1.807) is 0 Å². The molecule has 2 aliphatic carbocycles. The first-order valence-electron chi connectivity index (χ1n) is 9.39. The summed E-state index contributed by atoms with van der Waals surface area (Å²) in [7, 11) is 0. The summed E-state index contributed by atoms with van der Waals surface area (Å²) in [5.41, 5.74) is 0.549. The van der Waals surface area contributed by atoms with E-state index in [1.807, 2.05) is 0 Å². The highest BCUT2D eigenvalue weighted by Gasteiger charge is 2.32. The molecule has 0 spiro atoms. The van der Waals surface area contributed by atoms with Gasteiger partial charge in [-0.05, 0) is 56.3 Å². The molecule has 0 amide bonds. The normalized spacial score (nSPS) is 30.3. The van der Waals surface area contributed by atoms with Gasteiger partial charge in [0.15, 0.2) is 0 Å². The maximum Gasteiger partial charge on any atom is 0.0575 e. The van der Waals surface area contributed by atoms with Crippen molar-refractivity contribution in [3.8, 4) is 0 Å². The Balaban J connectivity index is 1.73. The van der Waals surface area contributed by atoms with Crippen LogP contribution in [-0.2, 0) is 4.74 Å². The van der Waals surface area contributed by atoms with Gasteiger partial charge in [0.1, 0.15) is 0 Å². The summed E-state index contributed by atoms with van der Waals surface area (Å²) in [4.78, 5) is 0. The van der Waals surface area contributed by atoms with Crippen LogP contribution in [0, 0.1) is 11.3 Å². The maximum atomic E-state index is 6.40. The van der Waals surface area contributed by atoms with E-state index < -0.39 is 0 Å². The molecule has 0 aromatic carbocycles. The predicted molar refractivity (Wildman–Crippen MR) is 87.0 cm³/mol. The standard InChI is InChI=1S/C19H36O/c1-3-8-17-9-11-18(12-10-17)20-16-19(13-4-2)14-6-5-7-15-19/h17-18H,3-16H2,1-2H3. The van der Waals surface area contributed by atoms with E-state index in [-0.39, 0.29) is 0 Å². The Hall–Kier alpha value is -0.0400. The van der Waals surface area contributed by atoms with Gasteiger partial charge in [0.05, 0.1) is 12.7 Å². The molecule has 0 N–H and O–H groups in total. The second kappa shape index (κ2) is 8.41. The van der Waals surface area contributed by atoms with Crippen LogP contribution >= 0.6 is 0 Å². The van der Waals surface area contributed by atoms with Crippen molar-refractivity contribution < 1.29 is 4.74 Å². The lowest BCUT2D eigenvalue weighted by Gasteiger charge is -2.39. The lowest BCUT2D eigenvalue weighted by atomic mass is 9.72. The van der Waals surface area contributed by atoms with Crippen LogP contribution < -0.4 is 0 Å². The van der Waals surface area contributed by atoms with Crippen molar-refractivity contribution in [1.82, 2.24) is 0 Å². The van der Waals surface area contributed by atoms with Gasteiger partial charge in [0.2, 0.25) is 0 Å². The zero-order valence-electron chi connectivity index (χ0n) is 14.0. The van der Waals surface area contributed by atoms with Gasteiger partial charge in [-0.25, -0.2) is 0 Å². The Bertz CT molecular complexity index is 241. The summed E-state index contributed by atoms with van der Waals surface area (Å²) >= 11 is 0. The van der Waals surface area contributed by atoms with Gasteiger partial charge in [0, 0.05) is 0 Å². The minimum absolute atomic E-state index is 0.549. The van der Waals surface area contributed by atoms with Gasteiger partial charge in [-0.2, -0.15) is 0 Å². The molecule has 0 aliphatic heterocycles. The van der Waals surface area contributed by atoms with E-state index in [0.29, 0.717) is 11.5 Å². The average Bonchev–Trinajstić information content (AvgIpc) is 2.48. The fraction of sp³-hybridized carbons (Fsp3) is 1.00. The van der Waals surface area contributed by atoms with Crippen LogP contribution in [0.2, 0.25) is 0 Å². The molecule has 0 saturated heterocycles. The van der Waals surface area contributed by atoms with Gasteiger partial charge in [0.25, 0.3) is 0 Å². The topological polar surface area (TPSA) is 9.23 Å². The van der Waals surface area contributed by atoms with Crippen molar-refractivity contribution >= 4 is 0 Å². The van der Waals surface area contributed by atoms with E-state index >= 15 is 0 Å². The molecule has 0 atom stereocenters. The zero-order valence-corrected chi connectivity index (χ0v) is 14.0. The van der Waals surface area contributed by atoms with Crippen LogP contribution in [-0.4, -0.2) is 12.7 Å². The third kappa shape index (κ3) is 4.76. The first-order chi connectivity index (χ1) is 9.78. The van der Waals surface area contributed by atoms with Gasteiger partial charge in [-0.1, -0.05) is 52.4 Å². The van der Waals surface area contributed by atoms with Crippen LogP contribution in [0.25, 0.3) is 0 Å². The van der Waals surface area contributed by atoms with Gasteiger partial charge in [-0.3, -0.25) is 0 Å². The third-order valence-electron chi connectivity index (χ3n) is 5.81. The van der Waals surface area contributed by atoms with Crippen molar-refractivity contribution in [2.75, 3.05) is 6.61 Å². The molecule has 2 saturated carbocycles. The Kier molecular flexibility index (Phi) is 6.87. The fourth-order valence-corrected chi connectivity index (χ4v) is 4.59. The highest BCUT2D eigenvalue weighted by Crippen LogP contribution is 2.41. The summed E-state index contributed by atoms with van der Waals surface area (Å²) in [6.07, 6.45) is 18.7. The molecule has 2 rings (SSSR count). The van der Waals surface area contributed by atoms with E-state index in [0.717, 1.165) is 12.5 Å². The highest BCUT2D eigenvalue weighted by atomic mass is 16.5. The molecular weight excluding hydrogens is 244 g/mol. The van der Waals surface area contributed by atoms with Crippen molar-refractivity contribution in [2.24, 2.45) is 11.3 Å². The third-order valence-corrected chi connectivity index (χ3v) is 5.81. The van der Waals surface area contributed by atoms with Crippen LogP contribution in [0.5, 0.6) is 0 Å². The van der Waals surface area contributed by atoms with Crippen molar-refractivity contribution in [2.45, 2.75) is 103 Å². The summed E-state index contributed by atoms with van der Waals surface area (Å²) < 4.78 is 6.40. The molecular formula is C19H36O. The van der Waals surface area contributed by atoms with E-state index in [2.05, 4.69) is 13.8 Å². The maximum absolute atomic E-state index is 6.40. The molecule has 1 heteroatoms. The highest BCUT2D eigenvalue weighted by molar-refractivity contribution is 4.83. The molecule has 0 aromatic rings. The fourth-order valence-electron chi connectivity index (χ4n) is 4.59. The van der Waals surface area contributed by atoms with Crippen LogP contribution in [0.3, 0.4) is 0 Å².